The van der Waals surface area contributed by atoms with Crippen LogP contribution in [0, 0.1) is 5.92 Å². The Morgan fingerprint density at radius 2 is 1.27 bits per heavy atom. The number of hydrogen-bond donors (Lipinski definition) is 10. The van der Waals surface area contributed by atoms with E-state index in [-0.39, 0.29) is 83.4 Å². The van der Waals surface area contributed by atoms with Gasteiger partial charge in [-0.2, -0.15) is 13.2 Å². The van der Waals surface area contributed by atoms with Gasteiger partial charge in [-0.1, -0.05) is 50.6 Å². The summed E-state index contributed by atoms with van der Waals surface area (Å²) >= 11 is 0. The van der Waals surface area contributed by atoms with Crippen molar-refractivity contribution in [3.05, 3.63) is 54.6 Å². The molecular weight excluding hydrogens is 1040 g/mol. The summed E-state index contributed by atoms with van der Waals surface area (Å²) in [4.78, 5) is 90.9. The molecule has 11 N–H and O–H groups in total. The first-order chi connectivity index (χ1) is 36.4. The van der Waals surface area contributed by atoms with E-state index in [1.54, 1.807) is 48.0 Å². The summed E-state index contributed by atoms with van der Waals surface area (Å²) in [6, 6.07) is 10.3. The fourth-order valence-corrected chi connectivity index (χ4v) is 8.34. The number of carbonyl (C=O) groups is 7. The lowest BCUT2D eigenvalue weighted by molar-refractivity contribution is -0.163. The van der Waals surface area contributed by atoms with E-state index in [2.05, 4.69) is 31.4 Å². The Kier molecular flexibility index (Phi) is 24.7. The number of hydroxylamine groups is 6. The molecule has 1 saturated heterocycles. The van der Waals surface area contributed by atoms with Crippen molar-refractivity contribution in [1.29, 1.82) is 0 Å². The predicted octanol–water partition coefficient (Wildman–Crippen LogP) is -0.729. The zero-order valence-electron chi connectivity index (χ0n) is 43.3. The quantitative estimate of drug-likeness (QED) is 0.0280. The molecule has 9 atom stereocenters. The minimum Gasteiger partial charge on any atom is -0.457 e. The van der Waals surface area contributed by atoms with Crippen molar-refractivity contribution in [3.8, 4) is 22.9 Å². The topological polar surface area (TPSA) is 410 Å². The number of ether oxygens (including phenoxy) is 2. The molecule has 0 saturated carbocycles. The van der Waals surface area contributed by atoms with Gasteiger partial charge in [0.15, 0.2) is 0 Å². The van der Waals surface area contributed by atoms with E-state index >= 15 is 0 Å². The molecule has 4 rings (SSSR count). The second-order valence-electron chi connectivity index (χ2n) is 18.3. The van der Waals surface area contributed by atoms with E-state index in [9.17, 15) is 67.8 Å². The fourth-order valence-electron chi connectivity index (χ4n) is 7.59. The first-order valence-corrected chi connectivity index (χ1v) is 26.2. The Labute approximate surface area is 444 Å². The molecular formula is C47H70N12O17S. The molecule has 0 radical (unpaired) electrons. The van der Waals surface area contributed by atoms with E-state index in [0.29, 0.717) is 32.3 Å². The van der Waals surface area contributed by atoms with Crippen LogP contribution in [0.5, 0.6) is 11.5 Å². The Hall–Kier alpha value is -6.77. The minimum atomic E-state index is -5.01. The summed E-state index contributed by atoms with van der Waals surface area (Å²) in [5, 5.41) is 72.3. The standard InChI is InChI=1S/C47H70N12O17S/c1-6-28(2)40(51-46(67)37(20-13-24-58(71)31(5)62)50-45(66)36(19-12-23-57(70)30(4)61)49-44(65)35(48)18-11-22-56(69)29(3)60)47(68)54-77(72,73)74-27-39-42(64)41(63)38(76-39)21-25-59-53-43(52-55-59)32-14-10-17-34(26-32)75-33-15-8-7-9-16-33/h7-10,14-17,26,28,35-42,63-64,69-71H,6,11-13,18-25,27,48H2,1-5H3,(H,49,65)(H,50,66)(H,51,67)(H,54,68)/t28-,35-,36-,37-,38-,39+,40-,41-,42+/m0/s1. The van der Waals surface area contributed by atoms with E-state index in [4.69, 9.17) is 19.4 Å². The number of nitrogens with zero attached hydrogens (tertiary/aromatic N) is 7. The van der Waals surface area contributed by atoms with Crippen molar-refractivity contribution >= 4 is 51.7 Å². The molecule has 0 aliphatic carbocycles. The monoisotopic (exact) mass is 1110 g/mol. The van der Waals surface area contributed by atoms with Crippen LogP contribution in [0.25, 0.3) is 11.4 Å². The molecule has 3 aromatic rings. The second kappa shape index (κ2) is 30.2. The number of aromatic nitrogens is 4. The normalized spacial score (nSPS) is 18.2. The van der Waals surface area contributed by atoms with Crippen molar-refractivity contribution < 1.29 is 81.5 Å². The van der Waals surface area contributed by atoms with Gasteiger partial charge < -0.3 is 41.4 Å². The highest BCUT2D eigenvalue weighted by molar-refractivity contribution is 7.85. The van der Waals surface area contributed by atoms with Crippen LogP contribution in [-0.4, -0.2) is 186 Å². The average Bonchev–Trinajstić information content (AvgIpc) is 3.98. The van der Waals surface area contributed by atoms with Crippen LogP contribution in [-0.2, 0) is 59.3 Å². The fraction of sp³-hybridized carbons (Fsp3) is 0.574. The zero-order chi connectivity index (χ0) is 57.0. The summed E-state index contributed by atoms with van der Waals surface area (Å²) in [6.07, 6.45) is -6.01. The molecule has 77 heavy (non-hydrogen) atoms. The van der Waals surface area contributed by atoms with Crippen molar-refractivity contribution in [2.24, 2.45) is 11.7 Å². The SMILES string of the molecule is CC[C@H](C)[C@H](NC(=O)[C@H](CCCN(O)C(C)=O)NC(=O)[C@H](CCCN(O)C(C)=O)NC(=O)[C@@H](N)CCCN(O)C(C)=O)C(=O)NS(=O)(=O)OC[C@H]1O[C@@H](CCn2nnc(-c3cccc(Oc4ccccc4)c3)n2)[C@H](O)[C@@H]1O. The Balaban J connectivity index is 1.40. The lowest BCUT2D eigenvalue weighted by Gasteiger charge is -2.28. The van der Waals surface area contributed by atoms with Crippen molar-refractivity contribution in [2.45, 2.75) is 141 Å². The highest BCUT2D eigenvalue weighted by atomic mass is 32.2. The van der Waals surface area contributed by atoms with Gasteiger partial charge in [0.2, 0.25) is 41.3 Å². The summed E-state index contributed by atoms with van der Waals surface area (Å²) in [6.45, 7) is 4.88. The van der Waals surface area contributed by atoms with Crippen LogP contribution in [0.15, 0.2) is 54.6 Å². The molecule has 2 aromatic carbocycles. The van der Waals surface area contributed by atoms with Gasteiger partial charge in [-0.3, -0.25) is 53.4 Å². The van der Waals surface area contributed by atoms with E-state index < -0.39 is 113 Å². The molecule has 0 unspecified atom stereocenters. The first kappa shape index (κ1) is 62.8. The number of aliphatic hydroxyl groups is 2. The predicted molar refractivity (Wildman–Crippen MR) is 267 cm³/mol. The number of rotatable bonds is 31. The van der Waals surface area contributed by atoms with Crippen molar-refractivity contribution in [2.75, 3.05) is 26.2 Å². The number of para-hydroxylation sites is 1. The number of aryl methyl sites for hydroxylation is 1. The minimum absolute atomic E-state index is 0.0418. The largest absolute Gasteiger partial charge is 0.457 e. The van der Waals surface area contributed by atoms with Gasteiger partial charge in [0, 0.05) is 46.0 Å². The van der Waals surface area contributed by atoms with E-state index in [1.165, 1.54) is 11.7 Å². The van der Waals surface area contributed by atoms with Gasteiger partial charge in [0.25, 0.3) is 5.91 Å². The van der Waals surface area contributed by atoms with Crippen LogP contribution in [0.1, 0.15) is 86.0 Å². The van der Waals surface area contributed by atoms with Crippen LogP contribution in [0.4, 0.5) is 0 Å². The number of amides is 7. The highest BCUT2D eigenvalue weighted by Gasteiger charge is 2.43. The summed E-state index contributed by atoms with van der Waals surface area (Å²) in [5.41, 5.74) is 6.65. The van der Waals surface area contributed by atoms with Gasteiger partial charge in [-0.25, -0.2) is 19.9 Å². The third-order valence-electron chi connectivity index (χ3n) is 12.3. The third kappa shape index (κ3) is 20.3. The lowest BCUT2D eigenvalue weighted by Crippen LogP contribution is -2.59. The summed E-state index contributed by atoms with van der Waals surface area (Å²) < 4.78 is 44.8. The second-order valence-corrected chi connectivity index (χ2v) is 19.6. The van der Waals surface area contributed by atoms with Crippen LogP contribution >= 0.6 is 0 Å². The first-order valence-electron chi connectivity index (χ1n) is 24.8. The van der Waals surface area contributed by atoms with Gasteiger partial charge in [-0.05, 0) is 80.3 Å². The number of nitrogens with one attached hydrogen (secondary N) is 4. The number of tetrazole rings is 1. The van der Waals surface area contributed by atoms with Gasteiger partial charge in [0.05, 0.1) is 25.3 Å². The zero-order valence-corrected chi connectivity index (χ0v) is 44.2. The molecule has 7 amide bonds. The molecule has 29 nitrogen and oxygen atoms in total. The smallest absolute Gasteiger partial charge is 0.362 e. The Bertz CT molecular complexity index is 2560. The van der Waals surface area contributed by atoms with Crippen molar-refractivity contribution in [1.82, 2.24) is 56.1 Å². The average molecular weight is 1110 g/mol. The summed E-state index contributed by atoms with van der Waals surface area (Å²) in [5.74, 6) is -5.57. The number of benzene rings is 2. The molecule has 0 bridgehead atoms. The number of aliphatic hydroxyl groups excluding tert-OH is 2. The Morgan fingerprint density at radius 3 is 1.84 bits per heavy atom. The number of hydrogen-bond acceptors (Lipinski definition) is 21. The number of carbonyl (C=O) groups excluding carboxylic acids is 7. The molecule has 1 aromatic heterocycles. The van der Waals surface area contributed by atoms with Crippen LogP contribution in [0.2, 0.25) is 0 Å². The molecule has 0 spiro atoms. The molecule has 1 aliphatic heterocycles. The van der Waals surface area contributed by atoms with Crippen molar-refractivity contribution in [3.63, 3.8) is 0 Å². The third-order valence-corrected chi connectivity index (χ3v) is 13.2. The lowest BCUT2D eigenvalue weighted by atomic mass is 9.97. The van der Waals surface area contributed by atoms with E-state index in [1.807, 2.05) is 18.2 Å². The maximum Gasteiger partial charge on any atom is 0.362 e. The molecule has 30 heteroatoms. The van der Waals surface area contributed by atoms with E-state index in [0.717, 1.165) is 20.8 Å². The Morgan fingerprint density at radius 1 is 0.740 bits per heavy atom. The van der Waals surface area contributed by atoms with Crippen LogP contribution in [0.3, 0.4) is 0 Å². The highest BCUT2D eigenvalue weighted by Crippen LogP contribution is 2.27. The van der Waals surface area contributed by atoms with Gasteiger partial charge in [-0.15, -0.1) is 10.2 Å². The van der Waals surface area contributed by atoms with Crippen LogP contribution < -0.4 is 31.1 Å². The molecule has 2 heterocycles. The number of nitrogens with two attached hydrogens (primary N) is 1. The summed E-state index contributed by atoms with van der Waals surface area (Å²) in [7, 11) is -5.01. The molecule has 1 fully saturated rings. The molecule has 1 aliphatic rings. The van der Waals surface area contributed by atoms with Gasteiger partial charge in [0.1, 0.15) is 47.9 Å². The maximum atomic E-state index is 14.1. The van der Waals surface area contributed by atoms with Gasteiger partial charge >= 0.3 is 10.3 Å². The maximum absolute atomic E-state index is 14.1. The molecule has 426 valence electrons.